The molecule has 0 radical (unpaired) electrons. The van der Waals surface area contributed by atoms with Crippen LogP contribution in [0.1, 0.15) is 10.4 Å². The molecule has 2 aromatic carbocycles. The van der Waals surface area contributed by atoms with Crippen LogP contribution in [0.3, 0.4) is 0 Å². The third-order valence-corrected chi connectivity index (χ3v) is 5.35. The Balaban J connectivity index is 1.98. The highest BCUT2D eigenvalue weighted by molar-refractivity contribution is 9.10. The Labute approximate surface area is 140 Å². The maximum atomic E-state index is 12.4. The molecule has 0 spiro atoms. The van der Waals surface area contributed by atoms with Gasteiger partial charge in [-0.15, -0.1) is 0 Å². The van der Waals surface area contributed by atoms with Gasteiger partial charge >= 0.3 is 5.97 Å². The number of rotatable bonds is 4. The van der Waals surface area contributed by atoms with Crippen LogP contribution in [0, 0.1) is 0 Å². The standard InChI is InChI=1S/C15H11BrN2O4S/c16-13-3-2-11(8-12(13)15(19)20)23(21,22)18-10-1-4-14-9(7-10)5-6-17-14/h1-8,17-18H,(H,19,20). The Morgan fingerprint density at radius 2 is 1.91 bits per heavy atom. The molecule has 0 saturated carbocycles. The lowest BCUT2D eigenvalue weighted by Gasteiger charge is -2.09. The van der Waals surface area contributed by atoms with Gasteiger partial charge in [0.25, 0.3) is 10.0 Å². The van der Waals surface area contributed by atoms with Gasteiger partial charge in [0.1, 0.15) is 0 Å². The van der Waals surface area contributed by atoms with Crippen molar-refractivity contribution in [3.8, 4) is 0 Å². The zero-order valence-corrected chi connectivity index (χ0v) is 14.0. The average molecular weight is 395 g/mol. The molecule has 23 heavy (non-hydrogen) atoms. The normalized spacial score (nSPS) is 11.5. The fraction of sp³-hybridized carbons (Fsp3) is 0. The molecule has 0 amide bonds. The summed E-state index contributed by atoms with van der Waals surface area (Å²) >= 11 is 3.09. The van der Waals surface area contributed by atoms with Crippen LogP contribution in [-0.4, -0.2) is 24.5 Å². The minimum Gasteiger partial charge on any atom is -0.478 e. The van der Waals surface area contributed by atoms with E-state index in [2.05, 4.69) is 25.6 Å². The summed E-state index contributed by atoms with van der Waals surface area (Å²) in [5.41, 5.74) is 1.18. The molecule has 3 N–H and O–H groups in total. The molecule has 0 aliphatic carbocycles. The number of sulfonamides is 1. The molecule has 3 rings (SSSR count). The van der Waals surface area contributed by atoms with Crippen molar-refractivity contribution in [3.05, 3.63) is 58.7 Å². The van der Waals surface area contributed by atoms with Crippen molar-refractivity contribution in [1.82, 2.24) is 4.98 Å². The van der Waals surface area contributed by atoms with Crippen LogP contribution in [0.5, 0.6) is 0 Å². The minimum atomic E-state index is -3.88. The second-order valence-corrected chi connectivity index (χ2v) is 7.37. The van der Waals surface area contributed by atoms with E-state index in [1.54, 1.807) is 24.4 Å². The van der Waals surface area contributed by atoms with Crippen LogP contribution in [0.4, 0.5) is 5.69 Å². The summed E-state index contributed by atoms with van der Waals surface area (Å²) < 4.78 is 27.6. The summed E-state index contributed by atoms with van der Waals surface area (Å²) in [5, 5.41) is 9.96. The summed E-state index contributed by atoms with van der Waals surface area (Å²) in [4.78, 5) is 14.0. The second-order valence-electron chi connectivity index (χ2n) is 4.83. The number of halogens is 1. The largest absolute Gasteiger partial charge is 0.478 e. The van der Waals surface area contributed by atoms with Gasteiger partial charge in [0.2, 0.25) is 0 Å². The summed E-state index contributed by atoms with van der Waals surface area (Å²) in [6.45, 7) is 0. The van der Waals surface area contributed by atoms with Crippen LogP contribution in [-0.2, 0) is 10.0 Å². The second kappa shape index (κ2) is 5.71. The highest BCUT2D eigenvalue weighted by atomic mass is 79.9. The van der Waals surface area contributed by atoms with Crippen molar-refractivity contribution in [2.75, 3.05) is 4.72 Å². The number of fused-ring (bicyclic) bond motifs is 1. The predicted octanol–water partition coefficient (Wildman–Crippen LogP) is 3.43. The monoisotopic (exact) mass is 394 g/mol. The number of carboxylic acid groups (broad SMARTS) is 1. The highest BCUT2D eigenvalue weighted by Crippen LogP contribution is 2.24. The molecule has 0 unspecified atom stereocenters. The number of aromatic carboxylic acids is 1. The number of benzene rings is 2. The molecule has 1 heterocycles. The van der Waals surface area contributed by atoms with Gasteiger partial charge in [-0.3, -0.25) is 4.72 Å². The summed E-state index contributed by atoms with van der Waals surface area (Å²) in [5.74, 6) is -1.21. The molecule has 0 aliphatic heterocycles. The van der Waals surface area contributed by atoms with Gasteiger partial charge in [0.15, 0.2) is 0 Å². The average Bonchev–Trinajstić information content (AvgIpc) is 2.94. The number of aromatic amines is 1. The van der Waals surface area contributed by atoms with E-state index in [4.69, 9.17) is 5.11 Å². The van der Waals surface area contributed by atoms with Crippen molar-refractivity contribution < 1.29 is 18.3 Å². The number of carboxylic acids is 1. The maximum Gasteiger partial charge on any atom is 0.336 e. The van der Waals surface area contributed by atoms with Crippen LogP contribution in [0.15, 0.2) is 58.0 Å². The fourth-order valence-electron chi connectivity index (χ4n) is 2.17. The Kier molecular flexibility index (Phi) is 3.87. The molecule has 8 heteroatoms. The SMILES string of the molecule is O=C(O)c1cc(S(=O)(=O)Nc2ccc3[nH]ccc3c2)ccc1Br. The molecule has 118 valence electrons. The third-order valence-electron chi connectivity index (χ3n) is 3.28. The molecular formula is C15H11BrN2O4S. The van der Waals surface area contributed by atoms with Gasteiger partial charge < -0.3 is 10.1 Å². The first-order valence-electron chi connectivity index (χ1n) is 6.50. The van der Waals surface area contributed by atoms with E-state index in [1.165, 1.54) is 12.1 Å². The van der Waals surface area contributed by atoms with Gasteiger partial charge in [-0.05, 0) is 58.4 Å². The zero-order valence-electron chi connectivity index (χ0n) is 11.6. The van der Waals surface area contributed by atoms with Gasteiger partial charge in [-0.25, -0.2) is 13.2 Å². The van der Waals surface area contributed by atoms with Crippen LogP contribution in [0.25, 0.3) is 10.9 Å². The van der Waals surface area contributed by atoms with E-state index in [0.717, 1.165) is 17.0 Å². The Morgan fingerprint density at radius 3 is 2.65 bits per heavy atom. The molecule has 0 aliphatic rings. The predicted molar refractivity (Wildman–Crippen MR) is 90.2 cm³/mol. The summed E-state index contributed by atoms with van der Waals surface area (Å²) in [6.07, 6.45) is 1.76. The molecular weight excluding hydrogens is 384 g/mol. The Hall–Kier alpha value is -2.32. The molecule has 3 aromatic rings. The lowest BCUT2D eigenvalue weighted by atomic mass is 10.2. The first-order valence-corrected chi connectivity index (χ1v) is 8.77. The van der Waals surface area contributed by atoms with E-state index in [1.807, 2.05) is 6.07 Å². The minimum absolute atomic E-state index is 0.117. The van der Waals surface area contributed by atoms with E-state index >= 15 is 0 Å². The van der Waals surface area contributed by atoms with E-state index < -0.39 is 16.0 Å². The Morgan fingerprint density at radius 1 is 1.13 bits per heavy atom. The van der Waals surface area contributed by atoms with E-state index in [-0.39, 0.29) is 10.5 Å². The van der Waals surface area contributed by atoms with E-state index in [9.17, 15) is 13.2 Å². The van der Waals surface area contributed by atoms with E-state index in [0.29, 0.717) is 10.2 Å². The van der Waals surface area contributed by atoms with Gasteiger partial charge in [-0.2, -0.15) is 0 Å². The Bertz CT molecular complexity index is 1010. The number of H-pyrrole nitrogens is 1. The molecule has 0 bridgehead atoms. The number of carbonyl (C=O) groups is 1. The van der Waals surface area contributed by atoms with Crippen molar-refractivity contribution in [2.45, 2.75) is 4.90 Å². The summed E-state index contributed by atoms with van der Waals surface area (Å²) in [7, 11) is -3.88. The number of anilines is 1. The zero-order chi connectivity index (χ0) is 16.6. The van der Waals surface area contributed by atoms with Crippen molar-refractivity contribution >= 4 is 48.5 Å². The fourth-order valence-corrected chi connectivity index (χ4v) is 3.66. The number of hydrogen-bond donors (Lipinski definition) is 3. The van der Waals surface area contributed by atoms with Gasteiger partial charge in [0, 0.05) is 27.3 Å². The smallest absolute Gasteiger partial charge is 0.336 e. The third kappa shape index (κ3) is 3.08. The van der Waals surface area contributed by atoms with Crippen LogP contribution >= 0.6 is 15.9 Å². The summed E-state index contributed by atoms with van der Waals surface area (Å²) in [6, 6.07) is 10.8. The first kappa shape index (κ1) is 15.6. The van der Waals surface area contributed by atoms with Gasteiger partial charge in [-0.1, -0.05) is 0 Å². The van der Waals surface area contributed by atoms with Crippen LogP contribution in [0.2, 0.25) is 0 Å². The molecule has 0 atom stereocenters. The number of hydrogen-bond acceptors (Lipinski definition) is 3. The molecule has 0 fully saturated rings. The highest BCUT2D eigenvalue weighted by Gasteiger charge is 2.18. The molecule has 0 saturated heterocycles. The topological polar surface area (TPSA) is 99.3 Å². The first-order chi connectivity index (χ1) is 10.9. The molecule has 1 aromatic heterocycles. The van der Waals surface area contributed by atoms with Crippen molar-refractivity contribution in [2.24, 2.45) is 0 Å². The lowest BCUT2D eigenvalue weighted by molar-refractivity contribution is 0.0695. The van der Waals surface area contributed by atoms with Crippen molar-refractivity contribution in [3.63, 3.8) is 0 Å². The maximum absolute atomic E-state index is 12.4. The van der Waals surface area contributed by atoms with Crippen molar-refractivity contribution in [1.29, 1.82) is 0 Å². The van der Waals surface area contributed by atoms with Crippen LogP contribution < -0.4 is 4.72 Å². The number of nitrogens with one attached hydrogen (secondary N) is 2. The molecule has 6 nitrogen and oxygen atoms in total. The lowest BCUT2D eigenvalue weighted by Crippen LogP contribution is -2.14. The van der Waals surface area contributed by atoms with Gasteiger partial charge in [0.05, 0.1) is 10.5 Å². The number of aromatic nitrogens is 1. The quantitative estimate of drug-likeness (QED) is 0.630.